The van der Waals surface area contributed by atoms with Crippen LogP contribution in [0.4, 0.5) is 0 Å². The summed E-state index contributed by atoms with van der Waals surface area (Å²) in [5, 5.41) is 2.79. The normalized spacial score (nSPS) is 18.0. The third kappa shape index (κ3) is 6.88. The van der Waals surface area contributed by atoms with Crippen LogP contribution in [-0.4, -0.2) is 6.66 Å². The molecule has 0 aliphatic heterocycles. The molecule has 2 atom stereocenters. The van der Waals surface area contributed by atoms with Crippen molar-refractivity contribution in [3.63, 3.8) is 0 Å². The summed E-state index contributed by atoms with van der Waals surface area (Å²) in [7, 11) is 18.8. The molecule has 0 N–H and O–H groups in total. The van der Waals surface area contributed by atoms with Crippen molar-refractivity contribution in [2.75, 3.05) is 0 Å². The van der Waals surface area contributed by atoms with Crippen LogP contribution < -0.4 is 10.4 Å². The van der Waals surface area contributed by atoms with Gasteiger partial charge in [-0.2, -0.15) is 0 Å². The number of hydrogen-bond donors (Lipinski definition) is 0. The Bertz CT molecular complexity index is 1680. The molecule has 0 fully saturated rings. The Labute approximate surface area is 312 Å². The minimum absolute atomic E-state index is 0.0576. The van der Waals surface area contributed by atoms with Crippen molar-refractivity contribution < 1.29 is 12.4 Å². The fraction of sp³-hybridized carbons (Fsp3) is 0.391. The number of hydrogen-bond acceptors (Lipinski definition) is 0. The van der Waals surface area contributed by atoms with Crippen molar-refractivity contribution >= 4 is 46.8 Å². The molecule has 2 aliphatic carbocycles. The van der Waals surface area contributed by atoms with E-state index in [1.54, 1.807) is 22.3 Å². The van der Waals surface area contributed by atoms with E-state index < -0.39 is 19.1 Å². The molecule has 0 spiro atoms. The topological polar surface area (TPSA) is 0 Å². The molecule has 0 saturated heterocycles. The minimum atomic E-state index is -5.06. The maximum absolute atomic E-state index is 9.39. The van der Waals surface area contributed by atoms with E-state index in [0.717, 1.165) is 51.4 Å². The average Bonchev–Trinajstić information content (AvgIpc) is 3.65. The molecule has 0 heterocycles. The van der Waals surface area contributed by atoms with Gasteiger partial charge >= 0.3 is 315 Å². The first-order valence-electron chi connectivity index (χ1n) is 19.7. The molecular formula is C46H57Cl2SiTi. The molecule has 0 nitrogen and oxygen atoms in total. The molecule has 263 valence electrons. The average molecular weight is 757 g/mol. The Morgan fingerprint density at radius 1 is 0.460 bits per heavy atom. The number of unbranched alkanes of at least 4 members (excludes halogenated alkanes) is 4. The van der Waals surface area contributed by atoms with E-state index in [1.807, 2.05) is 0 Å². The Balaban J connectivity index is 1.78. The quantitative estimate of drug-likeness (QED) is 0.0942. The van der Waals surface area contributed by atoms with Gasteiger partial charge in [-0.05, 0) is 0 Å². The Hall–Kier alpha value is -2.13. The van der Waals surface area contributed by atoms with Crippen LogP contribution in [0.25, 0.3) is 11.1 Å². The van der Waals surface area contributed by atoms with Gasteiger partial charge in [0.15, 0.2) is 0 Å². The van der Waals surface area contributed by atoms with Gasteiger partial charge < -0.3 is 0 Å². The van der Waals surface area contributed by atoms with Crippen molar-refractivity contribution in [1.82, 2.24) is 0 Å². The molecule has 6 rings (SSSR count). The third-order valence-electron chi connectivity index (χ3n) is 11.7. The van der Waals surface area contributed by atoms with Crippen LogP contribution in [0.5, 0.6) is 0 Å². The van der Waals surface area contributed by atoms with Gasteiger partial charge in [-0.1, -0.05) is 0 Å². The molecule has 0 saturated carbocycles. The second-order valence-electron chi connectivity index (χ2n) is 14.9. The van der Waals surface area contributed by atoms with Gasteiger partial charge in [0.05, 0.1) is 0 Å². The standard InChI is InChI=1S/2C17H23.C12H11Si.2ClH.Ti/c2*1-3-5-9-14-13-15-10-7-8-12-17(15)16(14)11-6-4-2;1-3-7-11(8-4-1)13-12-9-5-2-6-10-12;;;/h2*7-8,10,12-13H,3-6,9,11H2,1-2H3;1-10,13H;2*1H;/q;;;;;+2/p-2. The predicted molar refractivity (Wildman–Crippen MR) is 221 cm³/mol. The van der Waals surface area contributed by atoms with Crippen LogP contribution in [0.2, 0.25) is 0 Å². The molecule has 2 aliphatic rings. The van der Waals surface area contributed by atoms with Crippen LogP contribution in [0.3, 0.4) is 0 Å². The SMILES string of the molecule is CCCCC1=C(CCCC)[CH]([Ti]([Cl])([Cl])([CH]2C(CCCC)=C(CCCC)c3ccccc32)[SiH](c2ccccc2)c2ccccc2)c2ccccc21. The molecule has 0 radical (unpaired) electrons. The van der Waals surface area contributed by atoms with E-state index in [-0.39, 0.29) is 8.45 Å². The first-order chi connectivity index (χ1) is 24.4. The predicted octanol–water partition coefficient (Wildman–Crippen LogP) is 13.3. The first-order valence-corrected chi connectivity index (χ1v) is 30.2. The molecule has 0 bridgehead atoms. The van der Waals surface area contributed by atoms with E-state index in [4.69, 9.17) is 0 Å². The maximum atomic E-state index is 9.39. The van der Waals surface area contributed by atoms with Crippen LogP contribution in [0, 0.1) is 0 Å². The molecule has 4 aromatic rings. The van der Waals surface area contributed by atoms with E-state index in [0.29, 0.717) is 0 Å². The van der Waals surface area contributed by atoms with Crippen molar-refractivity contribution in [2.45, 2.75) is 113 Å². The summed E-state index contributed by atoms with van der Waals surface area (Å²) in [6.07, 6.45) is 13.7. The first kappa shape index (κ1) is 37.6. The molecule has 4 aromatic carbocycles. The number of benzene rings is 4. The van der Waals surface area contributed by atoms with Gasteiger partial charge in [0, 0.05) is 0 Å². The Kier molecular flexibility index (Phi) is 12.6. The van der Waals surface area contributed by atoms with Crippen LogP contribution >= 0.6 is 18.6 Å². The number of halogens is 2. The summed E-state index contributed by atoms with van der Waals surface area (Å²) in [5.41, 5.74) is 12.0. The summed E-state index contributed by atoms with van der Waals surface area (Å²) in [5.74, 6) is 0. The Morgan fingerprint density at radius 3 is 1.18 bits per heavy atom. The third-order valence-corrected chi connectivity index (χ3v) is 40.5. The van der Waals surface area contributed by atoms with Gasteiger partial charge in [-0.25, -0.2) is 0 Å². The molecule has 50 heavy (non-hydrogen) atoms. The molecule has 0 amide bonds. The van der Waals surface area contributed by atoms with Crippen molar-refractivity contribution in [3.05, 3.63) is 143 Å². The van der Waals surface area contributed by atoms with E-state index in [1.165, 1.54) is 58.3 Å². The number of fused-ring (bicyclic) bond motifs is 2. The summed E-state index contributed by atoms with van der Waals surface area (Å²) in [4.78, 5) is 0. The summed E-state index contributed by atoms with van der Waals surface area (Å²) in [6, 6.07) is 41.4. The van der Waals surface area contributed by atoms with Gasteiger partial charge in [0.2, 0.25) is 0 Å². The van der Waals surface area contributed by atoms with Crippen molar-refractivity contribution in [3.8, 4) is 0 Å². The van der Waals surface area contributed by atoms with Crippen LogP contribution in [0.1, 0.15) is 135 Å². The van der Waals surface area contributed by atoms with E-state index in [2.05, 4.69) is 137 Å². The molecule has 4 heteroatoms. The fourth-order valence-corrected chi connectivity index (χ4v) is 43.8. The fourth-order valence-electron chi connectivity index (χ4n) is 9.62. The zero-order chi connectivity index (χ0) is 35.2. The second kappa shape index (κ2) is 16.7. The number of rotatable bonds is 17. The van der Waals surface area contributed by atoms with Crippen molar-refractivity contribution in [1.29, 1.82) is 0 Å². The molecule has 0 aromatic heterocycles. The van der Waals surface area contributed by atoms with Crippen LogP contribution in [-0.2, 0) is 12.4 Å². The zero-order valence-corrected chi connectivity index (χ0v) is 35.1. The van der Waals surface area contributed by atoms with Gasteiger partial charge in [0.25, 0.3) is 0 Å². The van der Waals surface area contributed by atoms with Gasteiger partial charge in [-0.3, -0.25) is 0 Å². The van der Waals surface area contributed by atoms with Gasteiger partial charge in [0.1, 0.15) is 0 Å². The monoisotopic (exact) mass is 755 g/mol. The second-order valence-corrected chi connectivity index (χ2v) is 41.4. The van der Waals surface area contributed by atoms with Gasteiger partial charge in [-0.15, -0.1) is 0 Å². The molecule has 2 unspecified atom stereocenters. The van der Waals surface area contributed by atoms with Crippen LogP contribution in [0.15, 0.2) is 120 Å². The summed E-state index contributed by atoms with van der Waals surface area (Å²) >= 11 is -5.06. The summed E-state index contributed by atoms with van der Waals surface area (Å²) in [6.45, 7) is 6.99. The van der Waals surface area contributed by atoms with E-state index in [9.17, 15) is 18.6 Å². The molecular weight excluding hydrogens is 699 g/mol. The number of allylic oxidation sites excluding steroid dienone is 4. The van der Waals surface area contributed by atoms with E-state index >= 15 is 0 Å². The summed E-state index contributed by atoms with van der Waals surface area (Å²) < 4.78 is 0.115. The van der Waals surface area contributed by atoms with Crippen molar-refractivity contribution in [2.24, 2.45) is 0 Å². The Morgan fingerprint density at radius 2 is 0.800 bits per heavy atom. The zero-order valence-electron chi connectivity index (χ0n) is 30.9.